The summed E-state index contributed by atoms with van der Waals surface area (Å²) in [7, 11) is 0. The first kappa shape index (κ1) is 16.7. The first-order valence-electron chi connectivity index (χ1n) is 7.33. The molecular formula is C18H14BrClN2O2. The van der Waals surface area contributed by atoms with E-state index in [1.165, 1.54) is 0 Å². The summed E-state index contributed by atoms with van der Waals surface area (Å²) in [5.41, 5.74) is 8.51. The predicted molar refractivity (Wildman–Crippen MR) is 100 cm³/mol. The Morgan fingerprint density at radius 3 is 2.62 bits per heavy atom. The van der Waals surface area contributed by atoms with E-state index >= 15 is 0 Å². The van der Waals surface area contributed by atoms with Crippen molar-refractivity contribution in [3.63, 3.8) is 0 Å². The number of nitrogen functional groups attached to an aromatic ring is 1. The van der Waals surface area contributed by atoms with Crippen LogP contribution >= 0.6 is 27.5 Å². The zero-order chi connectivity index (χ0) is 17.3. The highest BCUT2D eigenvalue weighted by molar-refractivity contribution is 9.10. The summed E-state index contributed by atoms with van der Waals surface area (Å²) in [6.07, 6.45) is 0. The molecular weight excluding hydrogens is 392 g/mol. The Hall–Kier alpha value is -2.11. The third-order valence-corrected chi connectivity index (χ3v) is 4.35. The van der Waals surface area contributed by atoms with Gasteiger partial charge in [-0.2, -0.15) is 0 Å². The van der Waals surface area contributed by atoms with Crippen molar-refractivity contribution in [3.8, 4) is 11.1 Å². The van der Waals surface area contributed by atoms with Crippen LogP contribution < -0.4 is 5.73 Å². The van der Waals surface area contributed by atoms with Gasteiger partial charge in [-0.05, 0) is 42.8 Å². The fourth-order valence-electron chi connectivity index (χ4n) is 2.58. The van der Waals surface area contributed by atoms with E-state index < -0.39 is 5.97 Å². The number of nitrogens with zero attached hydrogens (tertiary/aromatic N) is 1. The molecule has 0 aliphatic heterocycles. The van der Waals surface area contributed by atoms with Crippen molar-refractivity contribution in [1.82, 2.24) is 4.98 Å². The van der Waals surface area contributed by atoms with Crippen LogP contribution in [0.2, 0.25) is 5.02 Å². The zero-order valence-electron chi connectivity index (χ0n) is 12.8. The molecule has 0 amide bonds. The summed E-state index contributed by atoms with van der Waals surface area (Å²) in [4.78, 5) is 16.8. The molecule has 1 heterocycles. The Kier molecular flexibility index (Phi) is 4.73. The van der Waals surface area contributed by atoms with Crippen molar-refractivity contribution >= 4 is 50.2 Å². The van der Waals surface area contributed by atoms with E-state index in [1.54, 1.807) is 25.1 Å². The number of halogens is 2. The van der Waals surface area contributed by atoms with Gasteiger partial charge in [0.1, 0.15) is 11.4 Å². The van der Waals surface area contributed by atoms with Gasteiger partial charge in [-0.25, -0.2) is 9.78 Å². The molecule has 2 N–H and O–H groups in total. The normalized spacial score (nSPS) is 10.8. The molecule has 0 saturated heterocycles. The molecule has 0 aliphatic carbocycles. The predicted octanol–water partition coefficient (Wildman–Crippen LogP) is 5.08. The molecule has 1 aromatic heterocycles. The van der Waals surface area contributed by atoms with Crippen molar-refractivity contribution in [2.45, 2.75) is 6.92 Å². The number of carbonyl (C=O) groups is 1. The van der Waals surface area contributed by atoms with Crippen LogP contribution in [0.25, 0.3) is 22.0 Å². The lowest BCUT2D eigenvalue weighted by molar-refractivity contribution is 0.0528. The second kappa shape index (κ2) is 6.79. The molecule has 0 fully saturated rings. The Bertz CT molecular complexity index is 926. The van der Waals surface area contributed by atoms with E-state index in [0.29, 0.717) is 16.1 Å². The third-order valence-electron chi connectivity index (χ3n) is 3.59. The monoisotopic (exact) mass is 404 g/mol. The SMILES string of the molecule is CCOC(=O)c1c(N)nc2ccc(Cl)cc2c1-c1ccc(Br)cc1. The second-order valence-corrected chi connectivity index (χ2v) is 6.49. The topological polar surface area (TPSA) is 65.2 Å². The van der Waals surface area contributed by atoms with Gasteiger partial charge >= 0.3 is 5.97 Å². The van der Waals surface area contributed by atoms with Gasteiger partial charge in [0.05, 0.1) is 12.1 Å². The molecule has 0 unspecified atom stereocenters. The summed E-state index contributed by atoms with van der Waals surface area (Å²) in [6.45, 7) is 2.00. The van der Waals surface area contributed by atoms with E-state index in [0.717, 1.165) is 15.4 Å². The highest BCUT2D eigenvalue weighted by Crippen LogP contribution is 2.36. The number of aromatic nitrogens is 1. The molecule has 3 rings (SSSR count). The average Bonchev–Trinajstić information content (AvgIpc) is 2.55. The lowest BCUT2D eigenvalue weighted by atomic mass is 9.95. The number of anilines is 1. The van der Waals surface area contributed by atoms with Gasteiger partial charge in [0.25, 0.3) is 0 Å². The lowest BCUT2D eigenvalue weighted by Crippen LogP contribution is -2.12. The molecule has 0 saturated carbocycles. The molecule has 0 aliphatic rings. The second-order valence-electron chi connectivity index (χ2n) is 5.14. The number of ether oxygens (including phenoxy) is 1. The number of carbonyl (C=O) groups excluding carboxylic acids is 1. The number of rotatable bonds is 3. The van der Waals surface area contributed by atoms with Crippen LogP contribution in [-0.4, -0.2) is 17.6 Å². The molecule has 6 heteroatoms. The van der Waals surface area contributed by atoms with Crippen molar-refractivity contribution in [3.05, 3.63) is 57.5 Å². The van der Waals surface area contributed by atoms with Crippen LogP contribution in [0.5, 0.6) is 0 Å². The Morgan fingerprint density at radius 1 is 1.25 bits per heavy atom. The first-order chi connectivity index (χ1) is 11.5. The van der Waals surface area contributed by atoms with Crippen molar-refractivity contribution in [2.24, 2.45) is 0 Å². The Balaban J connectivity index is 2.39. The van der Waals surface area contributed by atoms with Crippen molar-refractivity contribution in [1.29, 1.82) is 0 Å². The van der Waals surface area contributed by atoms with Gasteiger partial charge in [-0.3, -0.25) is 0 Å². The minimum absolute atomic E-state index is 0.140. The summed E-state index contributed by atoms with van der Waals surface area (Å²) in [5.74, 6) is -0.358. The van der Waals surface area contributed by atoms with E-state index in [1.807, 2.05) is 24.3 Å². The molecule has 24 heavy (non-hydrogen) atoms. The fourth-order valence-corrected chi connectivity index (χ4v) is 3.02. The van der Waals surface area contributed by atoms with Gasteiger partial charge in [0, 0.05) is 20.4 Å². The van der Waals surface area contributed by atoms with Gasteiger partial charge in [-0.1, -0.05) is 39.7 Å². The Morgan fingerprint density at radius 2 is 1.96 bits per heavy atom. The van der Waals surface area contributed by atoms with Gasteiger partial charge in [0.15, 0.2) is 0 Å². The maximum absolute atomic E-state index is 12.5. The van der Waals surface area contributed by atoms with Crippen LogP contribution in [0.4, 0.5) is 5.82 Å². The van der Waals surface area contributed by atoms with E-state index in [2.05, 4.69) is 20.9 Å². The number of esters is 1. The summed E-state index contributed by atoms with van der Waals surface area (Å²) in [5, 5.41) is 1.31. The van der Waals surface area contributed by atoms with Gasteiger partial charge in [0.2, 0.25) is 0 Å². The molecule has 2 aromatic carbocycles. The van der Waals surface area contributed by atoms with Crippen LogP contribution in [0, 0.1) is 0 Å². The smallest absolute Gasteiger partial charge is 0.342 e. The quantitative estimate of drug-likeness (QED) is 0.617. The molecule has 3 aromatic rings. The van der Waals surface area contributed by atoms with E-state index in [-0.39, 0.29) is 18.0 Å². The highest BCUT2D eigenvalue weighted by Gasteiger charge is 2.22. The molecule has 0 spiro atoms. The van der Waals surface area contributed by atoms with E-state index in [9.17, 15) is 4.79 Å². The minimum Gasteiger partial charge on any atom is -0.462 e. The molecule has 0 bridgehead atoms. The molecule has 4 nitrogen and oxygen atoms in total. The average molecular weight is 406 g/mol. The molecule has 122 valence electrons. The number of pyridine rings is 1. The number of hydrogen-bond acceptors (Lipinski definition) is 4. The Labute approximate surface area is 152 Å². The van der Waals surface area contributed by atoms with E-state index in [4.69, 9.17) is 22.1 Å². The largest absolute Gasteiger partial charge is 0.462 e. The highest BCUT2D eigenvalue weighted by atomic mass is 79.9. The number of hydrogen-bond donors (Lipinski definition) is 1. The van der Waals surface area contributed by atoms with Gasteiger partial charge in [-0.15, -0.1) is 0 Å². The van der Waals surface area contributed by atoms with Crippen LogP contribution in [0.3, 0.4) is 0 Å². The fraction of sp³-hybridized carbons (Fsp3) is 0.111. The first-order valence-corrected chi connectivity index (χ1v) is 8.50. The van der Waals surface area contributed by atoms with Crippen molar-refractivity contribution < 1.29 is 9.53 Å². The lowest BCUT2D eigenvalue weighted by Gasteiger charge is -2.15. The number of benzene rings is 2. The van der Waals surface area contributed by atoms with Crippen molar-refractivity contribution in [2.75, 3.05) is 12.3 Å². The summed E-state index contributed by atoms with van der Waals surface area (Å²) < 4.78 is 6.11. The standard InChI is InChI=1S/C18H14BrClN2O2/c1-2-24-18(23)16-15(10-3-5-11(19)6-4-10)13-9-12(20)7-8-14(13)22-17(16)21/h3-9H,2H2,1H3,(H2,21,22). The minimum atomic E-state index is -0.498. The molecule has 0 atom stereocenters. The number of nitrogens with two attached hydrogens (primary N) is 1. The third kappa shape index (κ3) is 3.09. The number of fused-ring (bicyclic) bond motifs is 1. The maximum atomic E-state index is 12.5. The van der Waals surface area contributed by atoms with Crippen LogP contribution in [0.15, 0.2) is 46.9 Å². The maximum Gasteiger partial charge on any atom is 0.342 e. The van der Waals surface area contributed by atoms with Crippen LogP contribution in [0.1, 0.15) is 17.3 Å². The van der Waals surface area contributed by atoms with Gasteiger partial charge < -0.3 is 10.5 Å². The zero-order valence-corrected chi connectivity index (χ0v) is 15.2. The summed E-state index contributed by atoms with van der Waals surface area (Å²) in [6, 6.07) is 12.9. The van der Waals surface area contributed by atoms with Crippen LogP contribution in [-0.2, 0) is 4.74 Å². The molecule has 0 radical (unpaired) electrons. The summed E-state index contributed by atoms with van der Waals surface area (Å²) >= 11 is 9.57.